The van der Waals surface area contributed by atoms with Gasteiger partial charge in [-0.1, -0.05) is 5.92 Å². The number of hydrogen-bond donors (Lipinski definition) is 1. The largest absolute Gasteiger partial charge is 0.270 e. The molecule has 0 aromatic carbocycles. The van der Waals surface area contributed by atoms with Gasteiger partial charge >= 0.3 is 0 Å². The Hall–Kier alpha value is -1.23. The minimum atomic E-state index is 0.884. The number of aromatic amines is 1. The molecule has 1 rings (SSSR count). The van der Waals surface area contributed by atoms with Crippen LogP contribution in [0.4, 0.5) is 0 Å². The molecule has 0 amide bonds. The molecule has 1 heterocycles. The van der Waals surface area contributed by atoms with Crippen molar-refractivity contribution in [3.63, 3.8) is 0 Å². The molecule has 0 aliphatic heterocycles. The van der Waals surface area contributed by atoms with E-state index in [9.17, 15) is 0 Å². The second-order valence-corrected chi connectivity index (χ2v) is 1.80. The number of aryl methyl sites for hydroxylation is 1. The number of aromatic nitrogens is 2. The Morgan fingerprint density at radius 3 is 2.89 bits per heavy atom. The van der Waals surface area contributed by atoms with Gasteiger partial charge < -0.3 is 0 Å². The Kier molecular flexibility index (Phi) is 1.55. The van der Waals surface area contributed by atoms with Crippen molar-refractivity contribution >= 4 is 0 Å². The molecule has 0 atom stereocenters. The van der Waals surface area contributed by atoms with E-state index in [4.69, 9.17) is 0 Å². The lowest BCUT2D eigenvalue weighted by molar-refractivity contribution is 1.04. The zero-order valence-corrected chi connectivity index (χ0v) is 5.52. The van der Waals surface area contributed by atoms with Crippen LogP contribution in [0.2, 0.25) is 0 Å². The Bertz CT molecular complexity index is 249. The second-order valence-electron chi connectivity index (χ2n) is 1.80. The standard InChI is InChI=1S/C7H8N2/c1-3-4-7-5-6(2)8-9-7/h5H,1-2H3,(H,8,9). The van der Waals surface area contributed by atoms with Gasteiger partial charge in [0.05, 0.1) is 5.69 Å². The van der Waals surface area contributed by atoms with Crippen molar-refractivity contribution in [2.24, 2.45) is 0 Å². The van der Waals surface area contributed by atoms with Crippen LogP contribution in [0.25, 0.3) is 0 Å². The zero-order chi connectivity index (χ0) is 6.69. The van der Waals surface area contributed by atoms with Crippen LogP contribution in [-0.2, 0) is 0 Å². The summed E-state index contributed by atoms with van der Waals surface area (Å²) in [5.74, 6) is 5.64. The molecule has 0 saturated heterocycles. The maximum Gasteiger partial charge on any atom is 0.108 e. The van der Waals surface area contributed by atoms with Crippen molar-refractivity contribution in [1.29, 1.82) is 0 Å². The van der Waals surface area contributed by atoms with Gasteiger partial charge in [-0.3, -0.25) is 5.10 Å². The summed E-state index contributed by atoms with van der Waals surface area (Å²) in [6.45, 7) is 3.73. The Balaban J connectivity index is 2.93. The summed E-state index contributed by atoms with van der Waals surface area (Å²) >= 11 is 0. The first-order valence-corrected chi connectivity index (χ1v) is 2.77. The van der Waals surface area contributed by atoms with Crippen LogP contribution >= 0.6 is 0 Å². The lowest BCUT2D eigenvalue weighted by atomic mass is 10.4. The van der Waals surface area contributed by atoms with Crippen molar-refractivity contribution in [2.45, 2.75) is 13.8 Å². The molecule has 9 heavy (non-hydrogen) atoms. The third-order valence-corrected chi connectivity index (χ3v) is 0.966. The molecule has 0 bridgehead atoms. The predicted octanol–water partition coefficient (Wildman–Crippen LogP) is 1.09. The van der Waals surface area contributed by atoms with E-state index in [2.05, 4.69) is 22.0 Å². The summed E-state index contributed by atoms with van der Waals surface area (Å²) < 4.78 is 0. The molecule has 0 saturated carbocycles. The average molecular weight is 120 g/mol. The van der Waals surface area contributed by atoms with Gasteiger partial charge in [0.1, 0.15) is 5.69 Å². The van der Waals surface area contributed by atoms with Gasteiger partial charge in [-0.15, -0.1) is 0 Å². The fraction of sp³-hybridized carbons (Fsp3) is 0.286. The van der Waals surface area contributed by atoms with Crippen LogP contribution in [0, 0.1) is 18.8 Å². The van der Waals surface area contributed by atoms with E-state index in [1.807, 2.05) is 13.0 Å². The smallest absolute Gasteiger partial charge is 0.108 e. The maximum absolute atomic E-state index is 3.91. The van der Waals surface area contributed by atoms with Crippen LogP contribution < -0.4 is 0 Å². The molecule has 0 aliphatic carbocycles. The molecule has 0 fully saturated rings. The van der Waals surface area contributed by atoms with E-state index in [0.29, 0.717) is 0 Å². The maximum atomic E-state index is 3.91. The first-order valence-electron chi connectivity index (χ1n) is 2.77. The number of nitrogens with zero attached hydrogens (tertiary/aromatic N) is 1. The monoisotopic (exact) mass is 120 g/mol. The number of nitrogens with one attached hydrogen (secondary N) is 1. The van der Waals surface area contributed by atoms with Gasteiger partial charge in [0, 0.05) is 0 Å². The molecule has 0 aliphatic rings. The molecule has 0 unspecified atom stereocenters. The Morgan fingerprint density at radius 2 is 2.44 bits per heavy atom. The van der Waals surface area contributed by atoms with E-state index in [1.54, 1.807) is 6.92 Å². The Morgan fingerprint density at radius 1 is 1.67 bits per heavy atom. The molecule has 0 spiro atoms. The highest BCUT2D eigenvalue weighted by Crippen LogP contribution is 1.93. The normalized spacial score (nSPS) is 8.22. The van der Waals surface area contributed by atoms with Crippen molar-refractivity contribution in [2.75, 3.05) is 0 Å². The Labute approximate surface area is 54.3 Å². The van der Waals surface area contributed by atoms with E-state index < -0.39 is 0 Å². The lowest BCUT2D eigenvalue weighted by Gasteiger charge is -1.71. The summed E-state index contributed by atoms with van der Waals surface area (Å²) in [5, 5.41) is 6.69. The molecule has 1 N–H and O–H groups in total. The molecule has 2 heteroatoms. The van der Waals surface area contributed by atoms with Gasteiger partial charge in [-0.25, -0.2) is 0 Å². The first-order chi connectivity index (χ1) is 4.33. The van der Waals surface area contributed by atoms with Gasteiger partial charge in [-0.05, 0) is 25.8 Å². The fourth-order valence-corrected chi connectivity index (χ4v) is 0.621. The summed E-state index contributed by atoms with van der Waals surface area (Å²) in [6, 6.07) is 1.91. The molecule has 0 radical (unpaired) electrons. The van der Waals surface area contributed by atoms with Gasteiger partial charge in [0.25, 0.3) is 0 Å². The molecule has 46 valence electrons. The minimum Gasteiger partial charge on any atom is -0.270 e. The van der Waals surface area contributed by atoms with Crippen molar-refractivity contribution < 1.29 is 0 Å². The second kappa shape index (κ2) is 2.36. The highest BCUT2D eigenvalue weighted by atomic mass is 15.1. The van der Waals surface area contributed by atoms with Crippen molar-refractivity contribution in [1.82, 2.24) is 10.2 Å². The van der Waals surface area contributed by atoms with Crippen LogP contribution in [0.1, 0.15) is 18.3 Å². The van der Waals surface area contributed by atoms with Crippen LogP contribution in [-0.4, -0.2) is 10.2 Å². The predicted molar refractivity (Wildman–Crippen MR) is 35.9 cm³/mol. The van der Waals surface area contributed by atoms with E-state index in [-0.39, 0.29) is 0 Å². The van der Waals surface area contributed by atoms with Gasteiger partial charge in [0.2, 0.25) is 0 Å². The third-order valence-electron chi connectivity index (χ3n) is 0.966. The SMILES string of the molecule is CC#Cc1cc(C)n[nH]1. The van der Waals surface area contributed by atoms with Crippen molar-refractivity contribution in [3.8, 4) is 11.8 Å². The quantitative estimate of drug-likeness (QED) is 0.510. The number of rotatable bonds is 0. The summed E-state index contributed by atoms with van der Waals surface area (Å²) in [6.07, 6.45) is 0. The zero-order valence-electron chi connectivity index (χ0n) is 5.52. The summed E-state index contributed by atoms with van der Waals surface area (Å²) in [7, 11) is 0. The van der Waals surface area contributed by atoms with Crippen molar-refractivity contribution in [3.05, 3.63) is 17.5 Å². The lowest BCUT2D eigenvalue weighted by Crippen LogP contribution is -1.70. The van der Waals surface area contributed by atoms with Crippen LogP contribution in [0.15, 0.2) is 6.07 Å². The molecular formula is C7H8N2. The molecular weight excluding hydrogens is 112 g/mol. The molecule has 1 aromatic rings. The number of H-pyrrole nitrogens is 1. The van der Waals surface area contributed by atoms with Crippen LogP contribution in [0.5, 0.6) is 0 Å². The van der Waals surface area contributed by atoms with Gasteiger partial charge in [-0.2, -0.15) is 5.10 Å². The first kappa shape index (κ1) is 5.90. The average Bonchev–Trinajstić information content (AvgIpc) is 2.17. The highest BCUT2D eigenvalue weighted by Gasteiger charge is 1.88. The van der Waals surface area contributed by atoms with E-state index >= 15 is 0 Å². The summed E-state index contributed by atoms with van der Waals surface area (Å²) in [4.78, 5) is 0. The summed E-state index contributed by atoms with van der Waals surface area (Å²) in [5.41, 5.74) is 1.86. The van der Waals surface area contributed by atoms with Gasteiger partial charge in [0.15, 0.2) is 0 Å². The molecule has 1 aromatic heterocycles. The number of hydrogen-bond acceptors (Lipinski definition) is 1. The third kappa shape index (κ3) is 1.33. The van der Waals surface area contributed by atoms with E-state index in [0.717, 1.165) is 11.4 Å². The minimum absolute atomic E-state index is 0.884. The fourth-order valence-electron chi connectivity index (χ4n) is 0.621. The highest BCUT2D eigenvalue weighted by molar-refractivity contribution is 5.26. The molecule has 2 nitrogen and oxygen atoms in total. The van der Waals surface area contributed by atoms with Crippen LogP contribution in [0.3, 0.4) is 0 Å². The van der Waals surface area contributed by atoms with E-state index in [1.165, 1.54) is 0 Å². The topological polar surface area (TPSA) is 28.7 Å².